The molecule has 1 aliphatic rings. The van der Waals surface area contributed by atoms with E-state index in [-0.39, 0.29) is 5.75 Å². The van der Waals surface area contributed by atoms with E-state index >= 15 is 0 Å². The van der Waals surface area contributed by atoms with Gasteiger partial charge in [-0.15, -0.1) is 0 Å². The van der Waals surface area contributed by atoms with Crippen LogP contribution in [0.5, 0.6) is 5.75 Å². The van der Waals surface area contributed by atoms with Crippen molar-refractivity contribution in [3.05, 3.63) is 28.0 Å². The molecule has 0 bridgehead atoms. The Morgan fingerprint density at radius 3 is 2.69 bits per heavy atom. The molecule has 0 aliphatic carbocycles. The maximum absolute atomic E-state index is 13.2. The van der Waals surface area contributed by atoms with Crippen LogP contribution in [0.4, 0.5) is 4.39 Å². The molecular formula is C12H15BrFNO. The average Bonchev–Trinajstić information content (AvgIpc) is 2.27. The third-order valence-corrected chi connectivity index (χ3v) is 3.63. The van der Waals surface area contributed by atoms with Crippen molar-refractivity contribution in [3.8, 4) is 5.75 Å². The van der Waals surface area contributed by atoms with Gasteiger partial charge in [-0.1, -0.05) is 0 Å². The van der Waals surface area contributed by atoms with Crippen LogP contribution in [0, 0.1) is 11.7 Å². The minimum Gasteiger partial charge on any atom is -0.505 e. The highest BCUT2D eigenvalue weighted by Gasteiger charge is 2.15. The van der Waals surface area contributed by atoms with Crippen LogP contribution in [0.3, 0.4) is 0 Å². The zero-order valence-corrected chi connectivity index (χ0v) is 10.6. The fraction of sp³-hybridized carbons (Fsp3) is 0.500. The topological polar surface area (TPSA) is 32.3 Å². The normalized spacial score (nSPS) is 17.6. The number of rotatable bonds is 2. The van der Waals surface area contributed by atoms with Crippen molar-refractivity contribution < 1.29 is 9.50 Å². The van der Waals surface area contributed by atoms with E-state index in [2.05, 4.69) is 21.2 Å². The lowest BCUT2D eigenvalue weighted by molar-refractivity contribution is 0.371. The number of piperidine rings is 1. The minimum absolute atomic E-state index is 0.265. The van der Waals surface area contributed by atoms with Crippen LogP contribution < -0.4 is 5.32 Å². The summed E-state index contributed by atoms with van der Waals surface area (Å²) in [7, 11) is 0. The molecule has 1 fully saturated rings. The molecule has 88 valence electrons. The first-order chi connectivity index (χ1) is 7.66. The smallest absolute Gasteiger partial charge is 0.178 e. The number of phenolic OH excluding ortho intramolecular Hbond substituents is 1. The van der Waals surface area contributed by atoms with Gasteiger partial charge in [0.05, 0.1) is 4.47 Å². The molecule has 1 aromatic carbocycles. The van der Waals surface area contributed by atoms with Crippen molar-refractivity contribution in [2.24, 2.45) is 5.92 Å². The second-order valence-electron chi connectivity index (χ2n) is 4.31. The lowest BCUT2D eigenvalue weighted by Gasteiger charge is -2.22. The molecule has 0 unspecified atom stereocenters. The summed E-state index contributed by atoms with van der Waals surface area (Å²) in [4.78, 5) is 0. The zero-order chi connectivity index (χ0) is 11.5. The molecule has 1 saturated heterocycles. The van der Waals surface area contributed by atoms with Crippen molar-refractivity contribution in [2.75, 3.05) is 13.1 Å². The second kappa shape index (κ2) is 5.15. The standard InChI is InChI=1S/C12H15BrFNO/c13-10-6-9(7-11(16)12(10)14)5-8-1-3-15-4-2-8/h6-8,15-16H,1-5H2. The molecule has 4 heteroatoms. The Bertz CT molecular complexity index is 354. The van der Waals surface area contributed by atoms with Gasteiger partial charge >= 0.3 is 0 Å². The van der Waals surface area contributed by atoms with E-state index in [0.717, 1.165) is 37.9 Å². The predicted octanol–water partition coefficient (Wildman–Crippen LogP) is 2.84. The van der Waals surface area contributed by atoms with Gasteiger partial charge in [0.2, 0.25) is 0 Å². The molecule has 16 heavy (non-hydrogen) atoms. The summed E-state index contributed by atoms with van der Waals surface area (Å²) in [5.74, 6) is -0.203. The molecule has 1 aromatic rings. The van der Waals surface area contributed by atoms with Crippen LogP contribution in [-0.4, -0.2) is 18.2 Å². The van der Waals surface area contributed by atoms with Gasteiger partial charge < -0.3 is 10.4 Å². The molecule has 0 atom stereocenters. The molecule has 0 spiro atoms. The van der Waals surface area contributed by atoms with Crippen molar-refractivity contribution in [1.82, 2.24) is 5.32 Å². The van der Waals surface area contributed by atoms with Crippen LogP contribution in [0.1, 0.15) is 18.4 Å². The summed E-state index contributed by atoms with van der Waals surface area (Å²) in [6.07, 6.45) is 3.21. The number of benzene rings is 1. The summed E-state index contributed by atoms with van der Waals surface area (Å²) in [5.41, 5.74) is 0.998. The van der Waals surface area contributed by atoms with Gasteiger partial charge in [0, 0.05) is 0 Å². The molecule has 2 nitrogen and oxygen atoms in total. The van der Waals surface area contributed by atoms with E-state index in [4.69, 9.17) is 0 Å². The molecule has 0 aromatic heterocycles. The van der Waals surface area contributed by atoms with E-state index in [1.807, 2.05) is 0 Å². The molecule has 2 rings (SSSR count). The molecule has 2 N–H and O–H groups in total. The maximum atomic E-state index is 13.2. The fourth-order valence-corrected chi connectivity index (χ4v) is 2.66. The van der Waals surface area contributed by atoms with Gasteiger partial charge in [-0.2, -0.15) is 0 Å². The highest BCUT2D eigenvalue weighted by molar-refractivity contribution is 9.10. The summed E-state index contributed by atoms with van der Waals surface area (Å²) >= 11 is 3.11. The Hall–Kier alpha value is -0.610. The monoisotopic (exact) mass is 287 g/mol. The van der Waals surface area contributed by atoms with Crippen LogP contribution in [0.2, 0.25) is 0 Å². The average molecular weight is 288 g/mol. The Kier molecular flexibility index (Phi) is 3.82. The van der Waals surface area contributed by atoms with Gasteiger partial charge in [-0.3, -0.25) is 0 Å². The van der Waals surface area contributed by atoms with E-state index in [1.54, 1.807) is 6.07 Å². The second-order valence-corrected chi connectivity index (χ2v) is 5.16. The minimum atomic E-state index is -0.575. The highest BCUT2D eigenvalue weighted by Crippen LogP contribution is 2.28. The molecule has 0 radical (unpaired) electrons. The first-order valence-corrected chi connectivity index (χ1v) is 6.33. The van der Waals surface area contributed by atoms with Crippen LogP contribution in [-0.2, 0) is 6.42 Å². The van der Waals surface area contributed by atoms with Gasteiger partial charge in [-0.25, -0.2) is 4.39 Å². The first-order valence-electron chi connectivity index (χ1n) is 5.54. The van der Waals surface area contributed by atoms with Gasteiger partial charge in [0.1, 0.15) is 0 Å². The lowest BCUT2D eigenvalue weighted by Crippen LogP contribution is -2.28. The van der Waals surface area contributed by atoms with Gasteiger partial charge in [0.25, 0.3) is 0 Å². The first kappa shape index (κ1) is 11.9. The Balaban J connectivity index is 2.09. The van der Waals surface area contributed by atoms with Crippen LogP contribution in [0.15, 0.2) is 16.6 Å². The number of nitrogens with one attached hydrogen (secondary N) is 1. The molecule has 0 saturated carbocycles. The van der Waals surface area contributed by atoms with Crippen molar-refractivity contribution >= 4 is 15.9 Å². The Labute approximate surface area is 103 Å². The fourth-order valence-electron chi connectivity index (χ4n) is 2.17. The van der Waals surface area contributed by atoms with E-state index in [0.29, 0.717) is 10.4 Å². The van der Waals surface area contributed by atoms with Gasteiger partial charge in [0.15, 0.2) is 11.6 Å². The van der Waals surface area contributed by atoms with Crippen molar-refractivity contribution in [1.29, 1.82) is 0 Å². The Morgan fingerprint density at radius 1 is 1.38 bits per heavy atom. The number of hydrogen-bond acceptors (Lipinski definition) is 2. The SMILES string of the molecule is Oc1cc(CC2CCNCC2)cc(Br)c1F. The predicted molar refractivity (Wildman–Crippen MR) is 65.1 cm³/mol. The quantitative estimate of drug-likeness (QED) is 0.877. The highest BCUT2D eigenvalue weighted by atomic mass is 79.9. The van der Waals surface area contributed by atoms with E-state index in [1.165, 1.54) is 6.07 Å². The zero-order valence-electron chi connectivity index (χ0n) is 8.97. The third kappa shape index (κ3) is 2.74. The van der Waals surface area contributed by atoms with Gasteiger partial charge in [-0.05, 0) is 71.9 Å². The molecule has 1 aliphatic heterocycles. The number of phenols is 1. The number of aromatic hydroxyl groups is 1. The summed E-state index contributed by atoms with van der Waals surface area (Å²) in [6.45, 7) is 2.11. The molecule has 0 amide bonds. The van der Waals surface area contributed by atoms with E-state index < -0.39 is 5.82 Å². The molecular weight excluding hydrogens is 273 g/mol. The van der Waals surface area contributed by atoms with Crippen LogP contribution in [0.25, 0.3) is 0 Å². The maximum Gasteiger partial charge on any atom is 0.178 e. The number of hydrogen-bond donors (Lipinski definition) is 2. The van der Waals surface area contributed by atoms with Crippen molar-refractivity contribution in [2.45, 2.75) is 19.3 Å². The Morgan fingerprint density at radius 2 is 2.06 bits per heavy atom. The van der Waals surface area contributed by atoms with Crippen LogP contribution >= 0.6 is 15.9 Å². The number of halogens is 2. The summed E-state index contributed by atoms with van der Waals surface area (Å²) in [5, 5.41) is 12.7. The molecule has 1 heterocycles. The summed E-state index contributed by atoms with van der Waals surface area (Å²) < 4.78 is 13.5. The lowest BCUT2D eigenvalue weighted by atomic mass is 9.91. The largest absolute Gasteiger partial charge is 0.505 e. The summed E-state index contributed by atoms with van der Waals surface area (Å²) in [6, 6.07) is 3.29. The van der Waals surface area contributed by atoms with E-state index in [9.17, 15) is 9.50 Å². The third-order valence-electron chi connectivity index (χ3n) is 3.05. The van der Waals surface area contributed by atoms with Crippen molar-refractivity contribution in [3.63, 3.8) is 0 Å².